The van der Waals surface area contributed by atoms with Crippen LogP contribution < -0.4 is 4.90 Å². The third-order valence-electron chi connectivity index (χ3n) is 2.65. The van der Waals surface area contributed by atoms with Gasteiger partial charge in [0, 0.05) is 31.4 Å². The molecule has 1 aromatic heterocycles. The minimum atomic E-state index is -3.46. The number of sulfone groups is 1. The van der Waals surface area contributed by atoms with Gasteiger partial charge in [-0.25, -0.2) is 18.4 Å². The lowest BCUT2D eigenvalue weighted by Gasteiger charge is -2.16. The van der Waals surface area contributed by atoms with E-state index >= 15 is 0 Å². The second kappa shape index (κ2) is 5.38. The molecule has 0 bridgehead atoms. The average molecular weight is 291 g/mol. The van der Waals surface area contributed by atoms with E-state index in [9.17, 15) is 13.2 Å². The Bertz CT molecular complexity index is 712. The lowest BCUT2D eigenvalue weighted by molar-refractivity contribution is 0.0992. The molecule has 0 unspecified atom stereocenters. The number of para-hydroxylation sites is 1. The van der Waals surface area contributed by atoms with Gasteiger partial charge in [-0.1, -0.05) is 18.2 Å². The van der Waals surface area contributed by atoms with Crippen molar-refractivity contribution in [3.8, 4) is 0 Å². The summed E-state index contributed by atoms with van der Waals surface area (Å²) in [6.45, 7) is 0. The van der Waals surface area contributed by atoms with E-state index in [0.29, 0.717) is 0 Å². The van der Waals surface area contributed by atoms with Crippen LogP contribution in [0.15, 0.2) is 47.9 Å². The molecule has 0 saturated heterocycles. The van der Waals surface area contributed by atoms with Crippen LogP contribution in [0.25, 0.3) is 0 Å². The van der Waals surface area contributed by atoms with E-state index in [4.69, 9.17) is 0 Å². The second-order valence-electron chi connectivity index (χ2n) is 4.23. The third-order valence-corrected chi connectivity index (χ3v) is 3.53. The van der Waals surface area contributed by atoms with E-state index in [0.717, 1.165) is 11.9 Å². The summed E-state index contributed by atoms with van der Waals surface area (Å²) in [7, 11) is -1.84. The molecular formula is C13H13N3O3S. The molecule has 20 heavy (non-hydrogen) atoms. The summed E-state index contributed by atoms with van der Waals surface area (Å²) in [4.78, 5) is 21.0. The quantitative estimate of drug-likeness (QED) is 0.793. The molecular weight excluding hydrogens is 278 g/mol. The maximum absolute atomic E-state index is 12.2. The van der Waals surface area contributed by atoms with Crippen molar-refractivity contribution >= 4 is 21.4 Å². The Balaban J connectivity index is 2.26. The summed E-state index contributed by atoms with van der Waals surface area (Å²) in [5, 5.41) is -0.295. The first-order valence-corrected chi connectivity index (χ1v) is 7.64. The Morgan fingerprint density at radius 1 is 1.10 bits per heavy atom. The zero-order chi connectivity index (χ0) is 14.8. The molecule has 0 spiro atoms. The highest BCUT2D eigenvalue weighted by Gasteiger charge is 2.16. The van der Waals surface area contributed by atoms with E-state index in [1.54, 1.807) is 19.2 Å². The van der Waals surface area contributed by atoms with E-state index < -0.39 is 9.84 Å². The van der Waals surface area contributed by atoms with Crippen molar-refractivity contribution in [2.75, 3.05) is 18.2 Å². The SMILES string of the molecule is CN(C(=O)c1cnc(S(C)(=O)=O)nc1)c1ccccc1. The molecule has 7 heteroatoms. The van der Waals surface area contributed by atoms with Crippen molar-refractivity contribution in [3.05, 3.63) is 48.3 Å². The van der Waals surface area contributed by atoms with Crippen LogP contribution in [-0.4, -0.2) is 37.6 Å². The lowest BCUT2D eigenvalue weighted by atomic mass is 10.2. The van der Waals surface area contributed by atoms with Gasteiger partial charge in [0.2, 0.25) is 15.0 Å². The molecule has 1 aromatic carbocycles. The number of hydrogen-bond acceptors (Lipinski definition) is 5. The average Bonchev–Trinajstić information content (AvgIpc) is 2.46. The molecule has 2 rings (SSSR count). The van der Waals surface area contributed by atoms with E-state index in [1.807, 2.05) is 18.2 Å². The summed E-state index contributed by atoms with van der Waals surface area (Å²) in [5.74, 6) is -0.309. The molecule has 104 valence electrons. The van der Waals surface area contributed by atoms with Gasteiger partial charge in [0.1, 0.15) is 0 Å². The maximum Gasteiger partial charge on any atom is 0.261 e. The Morgan fingerprint density at radius 3 is 2.15 bits per heavy atom. The van der Waals surface area contributed by atoms with Crippen LogP contribution in [0.1, 0.15) is 10.4 Å². The molecule has 0 aliphatic heterocycles. The summed E-state index contributed by atoms with van der Waals surface area (Å²) < 4.78 is 22.5. The Labute approximate surface area is 117 Å². The van der Waals surface area contributed by atoms with E-state index in [-0.39, 0.29) is 16.6 Å². The zero-order valence-corrected chi connectivity index (χ0v) is 11.8. The van der Waals surface area contributed by atoms with Gasteiger partial charge in [0.05, 0.1) is 5.56 Å². The molecule has 0 aliphatic carbocycles. The highest BCUT2D eigenvalue weighted by molar-refractivity contribution is 7.90. The number of amides is 1. The summed E-state index contributed by atoms with van der Waals surface area (Å²) in [6.07, 6.45) is 3.44. The van der Waals surface area contributed by atoms with Gasteiger partial charge in [0.15, 0.2) is 0 Å². The number of aromatic nitrogens is 2. The van der Waals surface area contributed by atoms with Gasteiger partial charge in [-0.15, -0.1) is 0 Å². The number of rotatable bonds is 3. The van der Waals surface area contributed by atoms with Crippen molar-refractivity contribution < 1.29 is 13.2 Å². The largest absolute Gasteiger partial charge is 0.311 e. The zero-order valence-electron chi connectivity index (χ0n) is 11.0. The number of nitrogens with zero attached hydrogens (tertiary/aromatic N) is 3. The molecule has 0 saturated carbocycles. The van der Waals surface area contributed by atoms with Crippen molar-refractivity contribution in [2.24, 2.45) is 0 Å². The predicted molar refractivity (Wildman–Crippen MR) is 74.3 cm³/mol. The monoisotopic (exact) mass is 291 g/mol. The van der Waals surface area contributed by atoms with Crippen LogP contribution in [0.5, 0.6) is 0 Å². The highest BCUT2D eigenvalue weighted by Crippen LogP contribution is 2.14. The first kappa shape index (κ1) is 14.1. The number of benzene rings is 1. The summed E-state index contributed by atoms with van der Waals surface area (Å²) in [5.41, 5.74) is 0.952. The fourth-order valence-electron chi connectivity index (χ4n) is 1.58. The summed E-state index contributed by atoms with van der Waals surface area (Å²) >= 11 is 0. The normalized spacial score (nSPS) is 11.1. The molecule has 1 amide bonds. The summed E-state index contributed by atoms with van der Waals surface area (Å²) in [6, 6.07) is 9.09. The van der Waals surface area contributed by atoms with Crippen LogP contribution in [0.3, 0.4) is 0 Å². The van der Waals surface area contributed by atoms with Gasteiger partial charge >= 0.3 is 0 Å². The Kier molecular flexibility index (Phi) is 3.80. The predicted octanol–water partition coefficient (Wildman–Crippen LogP) is 1.16. The van der Waals surface area contributed by atoms with Crippen LogP contribution in [0, 0.1) is 0 Å². The molecule has 2 aromatic rings. The lowest BCUT2D eigenvalue weighted by Crippen LogP contribution is -2.26. The van der Waals surface area contributed by atoms with Gasteiger partial charge in [0.25, 0.3) is 5.91 Å². The van der Waals surface area contributed by atoms with Crippen LogP contribution >= 0.6 is 0 Å². The molecule has 0 radical (unpaired) electrons. The molecule has 0 N–H and O–H groups in total. The number of carbonyl (C=O) groups excluding carboxylic acids is 1. The third kappa shape index (κ3) is 3.00. The van der Waals surface area contributed by atoms with Gasteiger partial charge in [-0.05, 0) is 12.1 Å². The topological polar surface area (TPSA) is 80.2 Å². The smallest absolute Gasteiger partial charge is 0.261 e. The van der Waals surface area contributed by atoms with Crippen LogP contribution in [0.2, 0.25) is 0 Å². The van der Waals surface area contributed by atoms with Gasteiger partial charge < -0.3 is 4.90 Å². The fourth-order valence-corrected chi connectivity index (χ4v) is 2.07. The fraction of sp³-hybridized carbons (Fsp3) is 0.154. The molecule has 0 atom stereocenters. The Morgan fingerprint density at radius 2 is 1.65 bits per heavy atom. The van der Waals surface area contributed by atoms with Gasteiger partial charge in [-0.3, -0.25) is 4.79 Å². The van der Waals surface area contributed by atoms with E-state index in [2.05, 4.69) is 9.97 Å². The maximum atomic E-state index is 12.2. The van der Waals surface area contributed by atoms with Crippen LogP contribution in [0.4, 0.5) is 5.69 Å². The molecule has 0 fully saturated rings. The number of anilines is 1. The standard InChI is InChI=1S/C13H13N3O3S/c1-16(11-6-4-3-5-7-11)12(17)10-8-14-13(15-9-10)20(2,18)19/h3-9H,1-2H3. The minimum absolute atomic E-state index is 0.226. The van der Waals surface area contributed by atoms with Gasteiger partial charge in [-0.2, -0.15) is 0 Å². The van der Waals surface area contributed by atoms with Crippen molar-refractivity contribution in [2.45, 2.75) is 5.16 Å². The number of hydrogen-bond donors (Lipinski definition) is 0. The van der Waals surface area contributed by atoms with Crippen molar-refractivity contribution in [1.82, 2.24) is 9.97 Å². The van der Waals surface area contributed by atoms with Crippen LogP contribution in [-0.2, 0) is 9.84 Å². The molecule has 0 aliphatic rings. The Hall–Kier alpha value is -2.28. The molecule has 6 nitrogen and oxygen atoms in total. The molecule has 1 heterocycles. The highest BCUT2D eigenvalue weighted by atomic mass is 32.2. The van der Waals surface area contributed by atoms with Crippen molar-refractivity contribution in [1.29, 1.82) is 0 Å². The number of carbonyl (C=O) groups is 1. The van der Waals surface area contributed by atoms with Crippen molar-refractivity contribution in [3.63, 3.8) is 0 Å². The first-order chi connectivity index (χ1) is 9.39. The minimum Gasteiger partial charge on any atom is -0.311 e. The van der Waals surface area contributed by atoms with E-state index in [1.165, 1.54) is 17.3 Å². The second-order valence-corrected chi connectivity index (χ2v) is 6.14. The first-order valence-electron chi connectivity index (χ1n) is 5.75.